The Labute approximate surface area is 104 Å². The molecule has 3 rings (SSSR count). The van der Waals surface area contributed by atoms with Crippen molar-refractivity contribution in [2.45, 2.75) is 0 Å². The number of nitrogens with two attached hydrogens (primary N) is 1. The monoisotopic (exact) mass is 237 g/mol. The molecule has 0 fully saturated rings. The number of hydrogen-bond donors (Lipinski definition) is 2. The van der Waals surface area contributed by atoms with E-state index in [4.69, 9.17) is 5.73 Å². The predicted molar refractivity (Wildman–Crippen MR) is 69.5 cm³/mol. The molecule has 0 amide bonds. The van der Waals surface area contributed by atoms with E-state index in [0.717, 1.165) is 22.4 Å². The van der Waals surface area contributed by atoms with Gasteiger partial charge < -0.3 is 5.73 Å². The molecule has 0 atom stereocenters. The molecule has 0 saturated carbocycles. The molecule has 5 nitrogen and oxygen atoms in total. The largest absolute Gasteiger partial charge is 0.382 e. The summed E-state index contributed by atoms with van der Waals surface area (Å²) < 4.78 is 0. The Morgan fingerprint density at radius 1 is 0.944 bits per heavy atom. The third-order valence-electron chi connectivity index (χ3n) is 2.69. The SMILES string of the molecule is Nc1n[nH]c(-c2cccnc2)c1-c1cccnc1. The zero-order valence-corrected chi connectivity index (χ0v) is 9.54. The van der Waals surface area contributed by atoms with Crippen LogP contribution in [-0.2, 0) is 0 Å². The molecule has 0 aromatic carbocycles. The van der Waals surface area contributed by atoms with Crippen LogP contribution in [0.4, 0.5) is 5.82 Å². The van der Waals surface area contributed by atoms with Crippen molar-refractivity contribution in [1.82, 2.24) is 20.2 Å². The first-order chi connectivity index (χ1) is 8.86. The lowest BCUT2D eigenvalue weighted by Gasteiger charge is -2.03. The van der Waals surface area contributed by atoms with E-state index in [-0.39, 0.29) is 0 Å². The van der Waals surface area contributed by atoms with Gasteiger partial charge in [-0.1, -0.05) is 6.07 Å². The molecule has 3 aromatic rings. The van der Waals surface area contributed by atoms with Crippen molar-refractivity contribution in [2.75, 3.05) is 5.73 Å². The molecular formula is C13H11N5. The van der Waals surface area contributed by atoms with Crippen molar-refractivity contribution < 1.29 is 0 Å². The lowest BCUT2D eigenvalue weighted by atomic mass is 10.0. The topological polar surface area (TPSA) is 80.5 Å². The van der Waals surface area contributed by atoms with Crippen molar-refractivity contribution in [3.05, 3.63) is 49.1 Å². The van der Waals surface area contributed by atoms with E-state index in [1.807, 2.05) is 24.3 Å². The van der Waals surface area contributed by atoms with E-state index in [9.17, 15) is 0 Å². The predicted octanol–water partition coefficient (Wildman–Crippen LogP) is 2.12. The summed E-state index contributed by atoms with van der Waals surface area (Å²) in [4.78, 5) is 8.20. The van der Waals surface area contributed by atoms with Gasteiger partial charge in [-0.3, -0.25) is 15.1 Å². The average Bonchev–Trinajstić information content (AvgIpc) is 2.83. The summed E-state index contributed by atoms with van der Waals surface area (Å²) in [6, 6.07) is 7.65. The standard InChI is InChI=1S/C13H11N5/c14-13-11(9-3-1-5-15-7-9)12(17-18-13)10-4-2-6-16-8-10/h1-8H,(H3,14,17,18). The lowest BCUT2D eigenvalue weighted by Crippen LogP contribution is -1.89. The quantitative estimate of drug-likeness (QED) is 0.715. The third-order valence-corrected chi connectivity index (χ3v) is 2.69. The number of nitrogen functional groups attached to an aromatic ring is 1. The molecule has 3 N–H and O–H groups in total. The van der Waals surface area contributed by atoms with Crippen molar-refractivity contribution >= 4 is 5.82 Å². The molecular weight excluding hydrogens is 226 g/mol. The Hall–Kier alpha value is -2.69. The first-order valence-electron chi connectivity index (χ1n) is 5.51. The summed E-state index contributed by atoms with van der Waals surface area (Å²) >= 11 is 0. The minimum atomic E-state index is 0.460. The number of nitrogens with zero attached hydrogens (tertiary/aromatic N) is 3. The molecule has 3 heterocycles. The molecule has 0 aliphatic heterocycles. The number of hydrogen-bond acceptors (Lipinski definition) is 4. The van der Waals surface area contributed by atoms with E-state index < -0.39 is 0 Å². The van der Waals surface area contributed by atoms with Gasteiger partial charge in [-0.25, -0.2) is 0 Å². The van der Waals surface area contributed by atoms with Crippen molar-refractivity contribution in [3.63, 3.8) is 0 Å². The van der Waals surface area contributed by atoms with Crippen LogP contribution >= 0.6 is 0 Å². The normalized spacial score (nSPS) is 10.4. The minimum Gasteiger partial charge on any atom is -0.382 e. The van der Waals surface area contributed by atoms with E-state index in [0.29, 0.717) is 5.82 Å². The first-order valence-corrected chi connectivity index (χ1v) is 5.51. The van der Waals surface area contributed by atoms with E-state index >= 15 is 0 Å². The summed E-state index contributed by atoms with van der Waals surface area (Å²) in [5.74, 6) is 0.460. The highest BCUT2D eigenvalue weighted by Gasteiger charge is 2.14. The van der Waals surface area contributed by atoms with E-state index in [1.165, 1.54) is 0 Å². The van der Waals surface area contributed by atoms with Crippen LogP contribution in [0.15, 0.2) is 49.1 Å². The average molecular weight is 237 g/mol. The Kier molecular flexibility index (Phi) is 2.49. The van der Waals surface area contributed by atoms with Gasteiger partial charge in [0.1, 0.15) is 0 Å². The van der Waals surface area contributed by atoms with Crippen LogP contribution in [0.3, 0.4) is 0 Å². The number of rotatable bonds is 2. The maximum absolute atomic E-state index is 5.92. The smallest absolute Gasteiger partial charge is 0.153 e. The fourth-order valence-electron chi connectivity index (χ4n) is 1.88. The van der Waals surface area contributed by atoms with Gasteiger partial charge >= 0.3 is 0 Å². The molecule has 0 aliphatic carbocycles. The minimum absolute atomic E-state index is 0.460. The molecule has 0 saturated heterocycles. The van der Waals surface area contributed by atoms with Crippen LogP contribution in [0, 0.1) is 0 Å². The van der Waals surface area contributed by atoms with Crippen molar-refractivity contribution in [2.24, 2.45) is 0 Å². The zero-order valence-electron chi connectivity index (χ0n) is 9.54. The molecule has 18 heavy (non-hydrogen) atoms. The second-order valence-corrected chi connectivity index (χ2v) is 3.84. The Bertz CT molecular complexity index is 646. The molecule has 5 heteroatoms. The highest BCUT2D eigenvalue weighted by molar-refractivity contribution is 5.87. The summed E-state index contributed by atoms with van der Waals surface area (Å²) in [6.07, 6.45) is 6.99. The van der Waals surface area contributed by atoms with Gasteiger partial charge in [0.25, 0.3) is 0 Å². The van der Waals surface area contributed by atoms with Crippen molar-refractivity contribution in [3.8, 4) is 22.4 Å². The molecule has 0 bridgehead atoms. The van der Waals surface area contributed by atoms with Gasteiger partial charge in [-0.2, -0.15) is 5.10 Å². The fourth-order valence-corrected chi connectivity index (χ4v) is 1.88. The molecule has 0 spiro atoms. The first kappa shape index (κ1) is 10.5. The van der Waals surface area contributed by atoms with Gasteiger partial charge in [-0.05, 0) is 18.2 Å². The highest BCUT2D eigenvalue weighted by Crippen LogP contribution is 2.33. The summed E-state index contributed by atoms with van der Waals surface area (Å²) in [6.45, 7) is 0. The number of aromatic amines is 1. The molecule has 88 valence electrons. The Balaban J connectivity index is 2.19. The van der Waals surface area contributed by atoms with Crippen LogP contribution in [0.2, 0.25) is 0 Å². The Morgan fingerprint density at radius 3 is 2.22 bits per heavy atom. The van der Waals surface area contributed by atoms with Gasteiger partial charge in [0.05, 0.1) is 11.3 Å². The fraction of sp³-hybridized carbons (Fsp3) is 0. The highest BCUT2D eigenvalue weighted by atomic mass is 15.2. The van der Waals surface area contributed by atoms with Crippen LogP contribution in [0.1, 0.15) is 0 Å². The summed E-state index contributed by atoms with van der Waals surface area (Å²) in [5.41, 5.74) is 9.51. The zero-order chi connectivity index (χ0) is 12.4. The number of H-pyrrole nitrogens is 1. The van der Waals surface area contributed by atoms with Gasteiger partial charge in [0.2, 0.25) is 0 Å². The van der Waals surface area contributed by atoms with Crippen LogP contribution in [-0.4, -0.2) is 20.2 Å². The van der Waals surface area contributed by atoms with Crippen LogP contribution < -0.4 is 5.73 Å². The Morgan fingerprint density at radius 2 is 1.61 bits per heavy atom. The summed E-state index contributed by atoms with van der Waals surface area (Å²) in [5, 5.41) is 7.01. The van der Waals surface area contributed by atoms with Gasteiger partial charge in [0, 0.05) is 35.9 Å². The van der Waals surface area contributed by atoms with Crippen LogP contribution in [0.25, 0.3) is 22.4 Å². The van der Waals surface area contributed by atoms with Crippen molar-refractivity contribution in [1.29, 1.82) is 0 Å². The van der Waals surface area contributed by atoms with Gasteiger partial charge in [0.15, 0.2) is 5.82 Å². The second-order valence-electron chi connectivity index (χ2n) is 3.84. The number of pyridine rings is 2. The molecule has 0 aliphatic rings. The third kappa shape index (κ3) is 1.71. The maximum Gasteiger partial charge on any atom is 0.153 e. The van der Waals surface area contributed by atoms with Gasteiger partial charge in [-0.15, -0.1) is 0 Å². The maximum atomic E-state index is 5.92. The van der Waals surface area contributed by atoms with E-state index in [2.05, 4.69) is 20.2 Å². The summed E-state index contributed by atoms with van der Waals surface area (Å²) in [7, 11) is 0. The van der Waals surface area contributed by atoms with E-state index in [1.54, 1.807) is 24.8 Å². The lowest BCUT2D eigenvalue weighted by molar-refractivity contribution is 1.10. The molecule has 3 aromatic heterocycles. The molecule has 0 unspecified atom stereocenters. The second kappa shape index (κ2) is 4.29. The van der Waals surface area contributed by atoms with Crippen LogP contribution in [0.5, 0.6) is 0 Å². The number of aromatic nitrogens is 4. The molecule has 0 radical (unpaired) electrons. The number of anilines is 1. The number of nitrogens with one attached hydrogen (secondary N) is 1.